The normalized spacial score (nSPS) is 10.3. The van der Waals surface area contributed by atoms with Crippen molar-refractivity contribution in [2.75, 3.05) is 20.8 Å². The predicted molar refractivity (Wildman–Crippen MR) is 98.5 cm³/mol. The lowest BCUT2D eigenvalue weighted by molar-refractivity contribution is -0.143. The Morgan fingerprint density at radius 2 is 1.74 bits per heavy atom. The summed E-state index contributed by atoms with van der Waals surface area (Å²) < 4.78 is 15.1. The van der Waals surface area contributed by atoms with Gasteiger partial charge in [-0.25, -0.2) is 4.79 Å². The van der Waals surface area contributed by atoms with E-state index in [0.29, 0.717) is 22.6 Å². The van der Waals surface area contributed by atoms with E-state index in [-0.39, 0.29) is 0 Å². The first-order chi connectivity index (χ1) is 13.0. The molecule has 0 aliphatic carbocycles. The molecule has 0 aromatic heterocycles. The summed E-state index contributed by atoms with van der Waals surface area (Å²) in [5.74, 6) is -0.867. The van der Waals surface area contributed by atoms with Crippen LogP contribution in [0.4, 0.5) is 0 Å². The molecule has 7 nitrogen and oxygen atoms in total. The molecule has 0 saturated carbocycles. The van der Waals surface area contributed by atoms with Crippen LogP contribution in [0.25, 0.3) is 6.08 Å². The van der Waals surface area contributed by atoms with E-state index < -0.39 is 24.4 Å². The maximum Gasteiger partial charge on any atom is 0.331 e. The number of hydrogen-bond donors (Lipinski definition) is 1. The molecule has 2 aromatic rings. The molecule has 2 amide bonds. The zero-order valence-electron chi connectivity index (χ0n) is 14.9. The molecule has 7 heteroatoms. The van der Waals surface area contributed by atoms with Gasteiger partial charge < -0.3 is 14.2 Å². The topological polar surface area (TPSA) is 90.9 Å². The van der Waals surface area contributed by atoms with E-state index in [1.165, 1.54) is 20.3 Å². The first kappa shape index (κ1) is 19.7. The zero-order valence-corrected chi connectivity index (χ0v) is 14.9. The van der Waals surface area contributed by atoms with E-state index in [4.69, 9.17) is 14.2 Å². The van der Waals surface area contributed by atoms with Crippen LogP contribution in [-0.4, -0.2) is 38.6 Å². The molecule has 0 aliphatic heterocycles. The van der Waals surface area contributed by atoms with Gasteiger partial charge in [0.05, 0.1) is 14.2 Å². The van der Waals surface area contributed by atoms with E-state index in [1.54, 1.807) is 48.5 Å². The number of carbonyl (C=O) groups is 3. The first-order valence-corrected chi connectivity index (χ1v) is 7.99. The fourth-order valence-electron chi connectivity index (χ4n) is 2.12. The van der Waals surface area contributed by atoms with Crippen molar-refractivity contribution in [2.24, 2.45) is 0 Å². The van der Waals surface area contributed by atoms with Gasteiger partial charge >= 0.3 is 5.97 Å². The summed E-state index contributed by atoms with van der Waals surface area (Å²) in [7, 11) is 3.04. The Hall–Kier alpha value is -3.61. The van der Waals surface area contributed by atoms with Crippen LogP contribution in [0, 0.1) is 0 Å². The average molecular weight is 369 g/mol. The lowest BCUT2D eigenvalue weighted by atomic mass is 10.2. The smallest absolute Gasteiger partial charge is 0.331 e. The molecular formula is C20H19NO6. The van der Waals surface area contributed by atoms with Gasteiger partial charge in [-0.1, -0.05) is 18.2 Å². The molecule has 1 N–H and O–H groups in total. The van der Waals surface area contributed by atoms with Crippen LogP contribution >= 0.6 is 0 Å². The Bertz CT molecular complexity index is 845. The molecule has 0 radical (unpaired) electrons. The van der Waals surface area contributed by atoms with Crippen molar-refractivity contribution in [3.8, 4) is 11.5 Å². The molecule has 0 saturated heterocycles. The quantitative estimate of drug-likeness (QED) is 0.594. The van der Waals surface area contributed by atoms with Gasteiger partial charge in [-0.3, -0.25) is 14.9 Å². The van der Waals surface area contributed by atoms with Gasteiger partial charge in [0.15, 0.2) is 6.61 Å². The highest BCUT2D eigenvalue weighted by Crippen LogP contribution is 2.25. The highest BCUT2D eigenvalue weighted by atomic mass is 16.5. The Balaban J connectivity index is 1.86. The number of amides is 2. The molecule has 2 aromatic carbocycles. The molecule has 0 heterocycles. The number of nitrogens with one attached hydrogen (secondary N) is 1. The van der Waals surface area contributed by atoms with Gasteiger partial charge in [-0.05, 0) is 30.3 Å². The number of methoxy groups -OCH3 is 2. The molecular weight excluding hydrogens is 350 g/mol. The Labute approximate surface area is 156 Å². The number of esters is 1. The summed E-state index contributed by atoms with van der Waals surface area (Å²) in [5.41, 5.74) is 0.975. The second kappa shape index (κ2) is 9.76. The molecule has 140 valence electrons. The molecule has 27 heavy (non-hydrogen) atoms. The molecule has 0 spiro atoms. The van der Waals surface area contributed by atoms with E-state index >= 15 is 0 Å². The maximum absolute atomic E-state index is 11.8. The van der Waals surface area contributed by atoms with Crippen LogP contribution in [0.15, 0.2) is 54.6 Å². The van der Waals surface area contributed by atoms with Gasteiger partial charge in [0.2, 0.25) is 0 Å². The minimum atomic E-state index is -0.727. The van der Waals surface area contributed by atoms with Crippen molar-refractivity contribution >= 4 is 23.9 Å². The number of imide groups is 1. The fourth-order valence-corrected chi connectivity index (χ4v) is 2.12. The van der Waals surface area contributed by atoms with Gasteiger partial charge in [-0.15, -0.1) is 0 Å². The van der Waals surface area contributed by atoms with Crippen LogP contribution < -0.4 is 14.8 Å². The third-order valence-corrected chi connectivity index (χ3v) is 3.47. The van der Waals surface area contributed by atoms with E-state index in [1.807, 2.05) is 0 Å². The summed E-state index contributed by atoms with van der Waals surface area (Å²) in [6, 6.07) is 13.4. The van der Waals surface area contributed by atoms with Gasteiger partial charge in [0, 0.05) is 23.3 Å². The monoisotopic (exact) mass is 369 g/mol. The van der Waals surface area contributed by atoms with Crippen LogP contribution in [0.2, 0.25) is 0 Å². The highest BCUT2D eigenvalue weighted by Gasteiger charge is 2.11. The second-order valence-electron chi connectivity index (χ2n) is 5.29. The van der Waals surface area contributed by atoms with Crippen LogP contribution in [0.3, 0.4) is 0 Å². The van der Waals surface area contributed by atoms with Gasteiger partial charge in [0.1, 0.15) is 11.5 Å². The zero-order chi connectivity index (χ0) is 19.6. The van der Waals surface area contributed by atoms with Crippen molar-refractivity contribution in [1.29, 1.82) is 0 Å². The third-order valence-electron chi connectivity index (χ3n) is 3.47. The van der Waals surface area contributed by atoms with Crippen LogP contribution in [0.5, 0.6) is 11.5 Å². The van der Waals surface area contributed by atoms with E-state index in [9.17, 15) is 14.4 Å². The minimum absolute atomic E-state index is 0.337. The number of rotatable bonds is 7. The van der Waals surface area contributed by atoms with Crippen LogP contribution in [-0.2, 0) is 14.3 Å². The number of carbonyl (C=O) groups excluding carboxylic acids is 3. The fraction of sp³-hybridized carbons (Fsp3) is 0.150. The number of ether oxygens (including phenoxy) is 3. The predicted octanol–water partition coefficient (Wildman–Crippen LogP) is 2.22. The summed E-state index contributed by atoms with van der Waals surface area (Å²) in [6.45, 7) is -0.568. The molecule has 0 unspecified atom stereocenters. The lowest BCUT2D eigenvalue weighted by Crippen LogP contribution is -2.33. The van der Waals surface area contributed by atoms with E-state index in [2.05, 4.69) is 5.32 Å². The Kier molecular flexibility index (Phi) is 7.13. The summed E-state index contributed by atoms with van der Waals surface area (Å²) in [5, 5.41) is 2.14. The van der Waals surface area contributed by atoms with Crippen molar-refractivity contribution in [1.82, 2.24) is 5.32 Å². The van der Waals surface area contributed by atoms with Gasteiger partial charge in [-0.2, -0.15) is 0 Å². The summed E-state index contributed by atoms with van der Waals surface area (Å²) in [4.78, 5) is 35.3. The summed E-state index contributed by atoms with van der Waals surface area (Å²) in [6.07, 6.45) is 2.66. The number of benzene rings is 2. The standard InChI is InChI=1S/C20H19NO6/c1-25-16-10-8-14(17(12-16)26-2)9-11-19(23)27-13-18(22)21-20(24)15-6-4-3-5-7-15/h3-12H,13H2,1-2H3,(H,21,22,24)/b11-9+. The largest absolute Gasteiger partial charge is 0.497 e. The highest BCUT2D eigenvalue weighted by molar-refractivity contribution is 6.05. The SMILES string of the molecule is COc1ccc(/C=C/C(=O)OCC(=O)NC(=O)c2ccccc2)c(OC)c1. The third kappa shape index (κ3) is 6.00. The Morgan fingerprint density at radius 1 is 1.00 bits per heavy atom. The molecule has 2 rings (SSSR count). The Morgan fingerprint density at radius 3 is 2.41 bits per heavy atom. The molecule has 0 atom stereocenters. The molecule has 0 bridgehead atoms. The van der Waals surface area contributed by atoms with Gasteiger partial charge in [0.25, 0.3) is 11.8 Å². The van der Waals surface area contributed by atoms with Crippen molar-refractivity contribution in [3.63, 3.8) is 0 Å². The average Bonchev–Trinajstić information content (AvgIpc) is 2.71. The molecule has 0 fully saturated rings. The lowest BCUT2D eigenvalue weighted by Gasteiger charge is -2.07. The van der Waals surface area contributed by atoms with Crippen molar-refractivity contribution in [3.05, 3.63) is 65.7 Å². The van der Waals surface area contributed by atoms with E-state index in [0.717, 1.165) is 6.08 Å². The maximum atomic E-state index is 11.8. The van der Waals surface area contributed by atoms with Crippen molar-refractivity contribution < 1.29 is 28.6 Å². The number of hydrogen-bond acceptors (Lipinski definition) is 6. The molecule has 0 aliphatic rings. The first-order valence-electron chi connectivity index (χ1n) is 7.99. The summed E-state index contributed by atoms with van der Waals surface area (Å²) >= 11 is 0. The van der Waals surface area contributed by atoms with Crippen molar-refractivity contribution in [2.45, 2.75) is 0 Å². The minimum Gasteiger partial charge on any atom is -0.497 e. The van der Waals surface area contributed by atoms with Crippen LogP contribution in [0.1, 0.15) is 15.9 Å². The second-order valence-corrected chi connectivity index (χ2v) is 5.29.